The quantitative estimate of drug-likeness (QED) is 0.344. The molecule has 0 N–H and O–H groups in total. The number of hydrogen-bond donors (Lipinski definition) is 0. The van der Waals surface area contributed by atoms with Gasteiger partial charge < -0.3 is 9.24 Å². The summed E-state index contributed by atoms with van der Waals surface area (Å²) in [6.07, 6.45) is 0. The maximum atomic E-state index is 2.97. The molecule has 0 nitrogen and oxygen atoms in total. The minimum atomic E-state index is 0. The molecule has 0 rings (SSSR count). The second-order valence-corrected chi connectivity index (χ2v) is 0. The molecule has 0 atom stereocenters. The third-order valence-corrected chi connectivity index (χ3v) is 0. The minimum Gasteiger partial charge on any atom is -0.562 e. The van der Waals surface area contributed by atoms with Crippen LogP contribution in [-0.4, -0.2) is 6.66 Å². The van der Waals surface area contributed by atoms with E-state index < -0.39 is 0 Å². The van der Waals surface area contributed by atoms with Crippen molar-refractivity contribution in [1.82, 2.24) is 0 Å². The Balaban J connectivity index is -0.000000000500. The summed E-state index contributed by atoms with van der Waals surface area (Å²) >= 11 is 0. The Hall–Kier alpha value is 2.07. The first-order valence-electron chi connectivity index (χ1n) is 0.500. The summed E-state index contributed by atoms with van der Waals surface area (Å²) in [4.78, 5) is 0. The number of rotatable bonds is 0. The maximum Gasteiger partial charge on any atom is 1.00 e. The van der Waals surface area contributed by atoms with E-state index in [0.717, 1.165) is 0 Å². The third kappa shape index (κ3) is 69.5. The third-order valence-electron chi connectivity index (χ3n) is 0. The molecule has 0 unspecified atom stereocenters. The Morgan fingerprint density at radius 2 is 0.714 bits per heavy atom. The van der Waals surface area contributed by atoms with Crippen LogP contribution in [-0.2, 0) is 0 Å². The summed E-state index contributed by atoms with van der Waals surface area (Å²) in [7, 11) is 2.97. The molecule has 0 aliphatic heterocycles. The summed E-state index contributed by atoms with van der Waals surface area (Å²) in [6.45, 7) is 1.81. The second kappa shape index (κ2) is 94.3. The molecule has 0 fully saturated rings. The van der Waals surface area contributed by atoms with Crippen LogP contribution in [0.2, 0.25) is 0 Å². The van der Waals surface area contributed by atoms with Crippen molar-refractivity contribution in [2.75, 3.05) is 6.66 Å². The fourth-order valence-electron chi connectivity index (χ4n) is 0. The topological polar surface area (TPSA) is 0 Å². The molecular weight excluding hydrogens is 130 g/mol. The number of hydrogen-bond acceptors (Lipinski definition) is 0. The van der Waals surface area contributed by atoms with Crippen LogP contribution < -0.4 is 51.4 Å². The average Bonchev–Trinajstić information content (AvgIpc) is 1.00. The van der Waals surface area contributed by atoms with Crippen molar-refractivity contribution in [3.8, 4) is 0 Å². The predicted octanol–water partition coefficient (Wildman–Crippen LogP) is 0.307. The summed E-state index contributed by atoms with van der Waals surface area (Å²) in [6, 6.07) is 0. The predicted molar refractivity (Wildman–Crippen MR) is 41.2 cm³/mol. The van der Waals surface area contributed by atoms with Crippen molar-refractivity contribution in [3.63, 3.8) is 0 Å². The van der Waals surface area contributed by atoms with E-state index in [2.05, 4.69) is 9.24 Å². The van der Waals surface area contributed by atoms with Crippen LogP contribution >= 0.6 is 9.24 Å². The van der Waals surface area contributed by atoms with Gasteiger partial charge in [-0.25, -0.2) is 0 Å². The Morgan fingerprint density at radius 1 is 0.714 bits per heavy atom. The van der Waals surface area contributed by atoms with E-state index in [0.29, 0.717) is 0 Å². The van der Waals surface area contributed by atoms with E-state index in [4.69, 9.17) is 0 Å². The molecule has 0 aromatic heterocycles. The van der Waals surface area contributed by atoms with Crippen molar-refractivity contribution in [2.24, 2.45) is 0 Å². The van der Waals surface area contributed by atoms with Gasteiger partial charge in [0.15, 0.2) is 0 Å². The van der Waals surface area contributed by atoms with Gasteiger partial charge in [0.25, 0.3) is 0 Å². The van der Waals surface area contributed by atoms with Gasteiger partial charge in [0, 0.05) is 0 Å². The molecule has 0 saturated heterocycles. The molecule has 0 aliphatic carbocycles. The van der Waals surface area contributed by atoms with E-state index in [9.17, 15) is 0 Å². The van der Waals surface area contributed by atoms with Crippen LogP contribution in [0.4, 0.5) is 0 Å². The summed E-state index contributed by atoms with van der Waals surface area (Å²) in [5.74, 6) is 0. The molecule has 0 radical (unpaired) electrons. The maximum absolute atomic E-state index is 2.97. The van der Waals surface area contributed by atoms with Crippen molar-refractivity contribution < 1.29 is 51.4 Å². The van der Waals surface area contributed by atoms with Gasteiger partial charge >= 0.3 is 51.4 Å². The van der Waals surface area contributed by atoms with E-state index >= 15 is 0 Å². The first-order valence-corrected chi connectivity index (χ1v) is 1.50. The van der Waals surface area contributed by atoms with Crippen LogP contribution in [0.25, 0.3) is 0 Å². The molecule has 0 heterocycles. The SMILES string of the molecule is C.C.C.C.C[PH-].[K+]. The van der Waals surface area contributed by atoms with Crippen LogP contribution in [0.15, 0.2) is 0 Å². The molecule has 0 aromatic carbocycles. The van der Waals surface area contributed by atoms with E-state index in [1.165, 1.54) is 0 Å². The molecule has 46 valence electrons. The van der Waals surface area contributed by atoms with Crippen LogP contribution in [0, 0.1) is 0 Å². The monoisotopic (exact) mass is 150 g/mol. The Kier molecular flexibility index (Phi) is 845. The average molecular weight is 150 g/mol. The summed E-state index contributed by atoms with van der Waals surface area (Å²) in [5, 5.41) is 0. The van der Waals surface area contributed by atoms with Gasteiger partial charge in [0.05, 0.1) is 0 Å². The van der Waals surface area contributed by atoms with Gasteiger partial charge in [-0.3, -0.25) is 0 Å². The van der Waals surface area contributed by atoms with Gasteiger partial charge in [-0.15, -0.1) is 0 Å². The standard InChI is InChI=1S/CH4P.4CH4.K/c1-2;;;;;/h2H,1H3;4*1H4;/q-1;;;;;+1. The molecule has 2 heteroatoms. The zero-order valence-electron chi connectivity index (χ0n) is 2.50. The van der Waals surface area contributed by atoms with Gasteiger partial charge in [-0.2, -0.15) is 6.66 Å². The fourth-order valence-corrected chi connectivity index (χ4v) is 0. The molecule has 0 bridgehead atoms. The van der Waals surface area contributed by atoms with Crippen molar-refractivity contribution in [1.29, 1.82) is 0 Å². The largest absolute Gasteiger partial charge is 1.00 e. The van der Waals surface area contributed by atoms with Crippen LogP contribution in [0.3, 0.4) is 0 Å². The van der Waals surface area contributed by atoms with Gasteiger partial charge in [-0.05, 0) is 0 Å². The Morgan fingerprint density at radius 3 is 0.714 bits per heavy atom. The summed E-state index contributed by atoms with van der Waals surface area (Å²) in [5.41, 5.74) is 0. The van der Waals surface area contributed by atoms with Gasteiger partial charge in [-0.1, -0.05) is 29.7 Å². The van der Waals surface area contributed by atoms with E-state index in [-0.39, 0.29) is 81.1 Å². The van der Waals surface area contributed by atoms with E-state index in [1.807, 2.05) is 0 Å². The molecule has 0 saturated carbocycles. The zero-order chi connectivity index (χ0) is 2.00. The molecule has 0 amide bonds. The minimum absolute atomic E-state index is 0. The zero-order valence-corrected chi connectivity index (χ0v) is 6.62. The first kappa shape index (κ1) is 62.7. The smallest absolute Gasteiger partial charge is 0.562 e. The molecule has 0 spiro atoms. The fraction of sp³-hybridized carbons (Fsp3) is 1.00. The molecular formula is C5H20KP. The van der Waals surface area contributed by atoms with E-state index in [1.54, 1.807) is 6.66 Å². The van der Waals surface area contributed by atoms with Crippen LogP contribution in [0.5, 0.6) is 0 Å². The molecule has 0 aliphatic rings. The van der Waals surface area contributed by atoms with Gasteiger partial charge in [0.1, 0.15) is 0 Å². The first-order chi connectivity index (χ1) is 1.00. The van der Waals surface area contributed by atoms with Crippen molar-refractivity contribution in [3.05, 3.63) is 0 Å². The van der Waals surface area contributed by atoms with Crippen molar-refractivity contribution >= 4 is 9.24 Å². The summed E-state index contributed by atoms with van der Waals surface area (Å²) < 4.78 is 0. The normalized spacial score (nSPS) is 0.857. The van der Waals surface area contributed by atoms with Crippen LogP contribution in [0.1, 0.15) is 29.7 Å². The molecule has 7 heavy (non-hydrogen) atoms. The Bertz CT molecular complexity index is 8.04. The Labute approximate surface area is 95.5 Å². The molecule has 0 aromatic rings. The second-order valence-electron chi connectivity index (χ2n) is 0. The van der Waals surface area contributed by atoms with Crippen molar-refractivity contribution in [2.45, 2.75) is 29.7 Å². The van der Waals surface area contributed by atoms with Gasteiger partial charge in [0.2, 0.25) is 0 Å².